The maximum Gasteiger partial charge on any atom is 0.433 e. The molecule has 0 radical (unpaired) electrons. The van der Waals surface area contributed by atoms with E-state index in [9.17, 15) is 13.2 Å². The van der Waals surface area contributed by atoms with E-state index in [0.717, 1.165) is 17.3 Å². The molecule has 0 unspecified atom stereocenters. The molecule has 0 bridgehead atoms. The standard InChI is InChI=1S/C14H13ClF3N3/c1-3-21(10-7-5-4-6-9(10)2)12-8-11(14(16,17)18)19-13(15)20-12/h4-8H,3H2,1-2H3. The first-order valence-corrected chi connectivity index (χ1v) is 6.65. The number of aromatic nitrogens is 2. The number of hydrogen-bond acceptors (Lipinski definition) is 3. The summed E-state index contributed by atoms with van der Waals surface area (Å²) in [5.41, 5.74) is 0.662. The van der Waals surface area contributed by atoms with Crippen LogP contribution in [0.5, 0.6) is 0 Å². The fraction of sp³-hybridized carbons (Fsp3) is 0.286. The zero-order valence-electron chi connectivity index (χ0n) is 11.4. The predicted octanol–water partition coefficient (Wildman–Crippen LogP) is 4.62. The van der Waals surface area contributed by atoms with E-state index in [2.05, 4.69) is 9.97 Å². The van der Waals surface area contributed by atoms with Gasteiger partial charge in [-0.25, -0.2) is 9.97 Å². The van der Waals surface area contributed by atoms with Crippen LogP contribution in [0.25, 0.3) is 0 Å². The van der Waals surface area contributed by atoms with Gasteiger partial charge in [0.05, 0.1) is 0 Å². The highest BCUT2D eigenvalue weighted by atomic mass is 35.5. The Labute approximate surface area is 125 Å². The first-order valence-electron chi connectivity index (χ1n) is 6.28. The first-order chi connectivity index (χ1) is 9.82. The van der Waals surface area contributed by atoms with Crippen molar-refractivity contribution in [2.24, 2.45) is 0 Å². The molecule has 1 aromatic heterocycles. The monoisotopic (exact) mass is 315 g/mol. The number of benzene rings is 1. The maximum atomic E-state index is 12.8. The van der Waals surface area contributed by atoms with Crippen LogP contribution in [0.2, 0.25) is 5.28 Å². The van der Waals surface area contributed by atoms with Crippen molar-refractivity contribution in [1.29, 1.82) is 0 Å². The smallest absolute Gasteiger partial charge is 0.326 e. The Balaban J connectivity index is 2.53. The lowest BCUT2D eigenvalue weighted by atomic mass is 10.2. The maximum absolute atomic E-state index is 12.8. The molecule has 0 N–H and O–H groups in total. The summed E-state index contributed by atoms with van der Waals surface area (Å²) in [6, 6.07) is 8.29. The fourth-order valence-electron chi connectivity index (χ4n) is 2.01. The topological polar surface area (TPSA) is 29.0 Å². The second-order valence-corrected chi connectivity index (χ2v) is 4.75. The van der Waals surface area contributed by atoms with Crippen LogP contribution in [0.3, 0.4) is 0 Å². The lowest BCUT2D eigenvalue weighted by molar-refractivity contribution is -0.141. The molecule has 0 saturated carbocycles. The van der Waals surface area contributed by atoms with Gasteiger partial charge < -0.3 is 4.90 Å². The number of anilines is 2. The van der Waals surface area contributed by atoms with E-state index in [-0.39, 0.29) is 5.82 Å². The Kier molecular flexibility index (Phi) is 4.37. The Hall–Kier alpha value is -1.82. The summed E-state index contributed by atoms with van der Waals surface area (Å²) in [4.78, 5) is 8.82. The number of para-hydroxylation sites is 1. The number of rotatable bonds is 3. The highest BCUT2D eigenvalue weighted by molar-refractivity contribution is 6.28. The summed E-state index contributed by atoms with van der Waals surface area (Å²) in [6.45, 7) is 4.16. The number of halogens is 4. The molecule has 3 nitrogen and oxygen atoms in total. The SMILES string of the molecule is CCN(c1cc(C(F)(F)F)nc(Cl)n1)c1ccccc1C. The molecule has 2 aromatic rings. The van der Waals surface area contributed by atoms with E-state index in [4.69, 9.17) is 11.6 Å². The van der Waals surface area contributed by atoms with Crippen molar-refractivity contribution in [3.05, 3.63) is 46.9 Å². The molecule has 0 aliphatic carbocycles. The van der Waals surface area contributed by atoms with E-state index >= 15 is 0 Å². The minimum atomic E-state index is -4.56. The molecule has 0 amide bonds. The Morgan fingerprint density at radius 2 is 1.86 bits per heavy atom. The summed E-state index contributed by atoms with van der Waals surface area (Å²) in [5.74, 6) is 0.124. The van der Waals surface area contributed by atoms with Crippen molar-refractivity contribution in [2.45, 2.75) is 20.0 Å². The molecule has 21 heavy (non-hydrogen) atoms. The van der Waals surface area contributed by atoms with Crippen LogP contribution in [0.4, 0.5) is 24.7 Å². The molecule has 0 spiro atoms. The van der Waals surface area contributed by atoms with Gasteiger partial charge in [-0.15, -0.1) is 0 Å². The lowest BCUT2D eigenvalue weighted by Crippen LogP contribution is -2.20. The molecule has 1 aromatic carbocycles. The van der Waals surface area contributed by atoms with Crippen molar-refractivity contribution in [2.75, 3.05) is 11.4 Å². The molecule has 112 valence electrons. The normalized spacial score (nSPS) is 11.5. The number of hydrogen-bond donors (Lipinski definition) is 0. The molecular weight excluding hydrogens is 303 g/mol. The Bertz CT molecular complexity index is 644. The molecule has 7 heteroatoms. The lowest BCUT2D eigenvalue weighted by Gasteiger charge is -2.24. The van der Waals surface area contributed by atoms with Crippen molar-refractivity contribution in [3.8, 4) is 0 Å². The van der Waals surface area contributed by atoms with Gasteiger partial charge in [0, 0.05) is 18.3 Å². The third kappa shape index (κ3) is 3.44. The van der Waals surface area contributed by atoms with Gasteiger partial charge in [-0.05, 0) is 37.1 Å². The average molecular weight is 316 g/mol. The van der Waals surface area contributed by atoms with Crippen LogP contribution >= 0.6 is 11.6 Å². The van der Waals surface area contributed by atoms with Crippen LogP contribution in [0.1, 0.15) is 18.2 Å². The third-order valence-electron chi connectivity index (χ3n) is 2.97. The molecule has 0 atom stereocenters. The van der Waals surface area contributed by atoms with Crippen LogP contribution in [-0.2, 0) is 6.18 Å². The van der Waals surface area contributed by atoms with Gasteiger partial charge in [-0.2, -0.15) is 13.2 Å². The summed E-state index contributed by atoms with van der Waals surface area (Å²) >= 11 is 5.64. The molecule has 0 aliphatic heterocycles. The van der Waals surface area contributed by atoms with E-state index in [1.165, 1.54) is 0 Å². The fourth-order valence-corrected chi connectivity index (χ4v) is 2.19. The van der Waals surface area contributed by atoms with Gasteiger partial charge in [0.2, 0.25) is 5.28 Å². The van der Waals surface area contributed by atoms with E-state index in [1.807, 2.05) is 38.1 Å². The first kappa shape index (κ1) is 15.6. The number of aryl methyl sites for hydroxylation is 1. The zero-order chi connectivity index (χ0) is 15.6. The molecule has 1 heterocycles. The summed E-state index contributed by atoms with van der Waals surface area (Å²) in [7, 11) is 0. The van der Waals surface area contributed by atoms with Crippen molar-refractivity contribution in [1.82, 2.24) is 9.97 Å². The molecule has 0 saturated heterocycles. The molecule has 0 aliphatic rings. The van der Waals surface area contributed by atoms with E-state index < -0.39 is 17.2 Å². The summed E-state index contributed by atoms with van der Waals surface area (Å²) in [6.07, 6.45) is -4.56. The quantitative estimate of drug-likeness (QED) is 0.774. The van der Waals surface area contributed by atoms with Crippen LogP contribution in [0.15, 0.2) is 30.3 Å². The van der Waals surface area contributed by atoms with Gasteiger partial charge in [0.15, 0.2) is 5.69 Å². The highest BCUT2D eigenvalue weighted by Gasteiger charge is 2.34. The Morgan fingerprint density at radius 1 is 1.19 bits per heavy atom. The second kappa shape index (κ2) is 5.89. The Morgan fingerprint density at radius 3 is 2.43 bits per heavy atom. The third-order valence-corrected chi connectivity index (χ3v) is 3.14. The molecule has 2 rings (SSSR count). The van der Waals surface area contributed by atoms with E-state index in [0.29, 0.717) is 6.54 Å². The zero-order valence-corrected chi connectivity index (χ0v) is 12.2. The molecular formula is C14H13ClF3N3. The van der Waals surface area contributed by atoms with Crippen LogP contribution in [0, 0.1) is 6.92 Å². The number of alkyl halides is 3. The van der Waals surface area contributed by atoms with Gasteiger partial charge in [-0.3, -0.25) is 0 Å². The van der Waals surface area contributed by atoms with Gasteiger partial charge in [0.1, 0.15) is 5.82 Å². The van der Waals surface area contributed by atoms with Gasteiger partial charge in [0.25, 0.3) is 0 Å². The second-order valence-electron chi connectivity index (χ2n) is 4.41. The van der Waals surface area contributed by atoms with Crippen molar-refractivity contribution >= 4 is 23.1 Å². The van der Waals surface area contributed by atoms with Crippen LogP contribution in [-0.4, -0.2) is 16.5 Å². The minimum absolute atomic E-state index is 0.124. The van der Waals surface area contributed by atoms with Crippen molar-refractivity contribution < 1.29 is 13.2 Å². The van der Waals surface area contributed by atoms with Gasteiger partial charge in [-0.1, -0.05) is 18.2 Å². The average Bonchev–Trinajstić information content (AvgIpc) is 2.40. The summed E-state index contributed by atoms with van der Waals surface area (Å²) in [5, 5.41) is -0.424. The van der Waals surface area contributed by atoms with Gasteiger partial charge >= 0.3 is 6.18 Å². The number of nitrogens with zero attached hydrogens (tertiary/aromatic N) is 3. The summed E-state index contributed by atoms with van der Waals surface area (Å²) < 4.78 is 38.5. The van der Waals surface area contributed by atoms with Crippen LogP contribution < -0.4 is 4.90 Å². The van der Waals surface area contributed by atoms with Crippen molar-refractivity contribution in [3.63, 3.8) is 0 Å². The predicted molar refractivity (Wildman–Crippen MR) is 75.9 cm³/mol. The molecule has 0 fully saturated rings. The van der Waals surface area contributed by atoms with E-state index in [1.54, 1.807) is 4.90 Å². The minimum Gasteiger partial charge on any atom is -0.326 e. The highest BCUT2D eigenvalue weighted by Crippen LogP contribution is 2.33. The largest absolute Gasteiger partial charge is 0.433 e.